The first kappa shape index (κ1) is 13.4. The first-order valence-corrected chi connectivity index (χ1v) is 6.98. The number of ether oxygens (including phenoxy) is 1. The van der Waals surface area contributed by atoms with Crippen LogP contribution in [0.25, 0.3) is 6.08 Å². The molecule has 21 heavy (non-hydrogen) atoms. The molecule has 106 valence electrons. The van der Waals surface area contributed by atoms with Crippen LogP contribution >= 0.6 is 0 Å². The maximum Gasteiger partial charge on any atom is 0.189 e. The summed E-state index contributed by atoms with van der Waals surface area (Å²) < 4.78 is 5.37. The summed E-state index contributed by atoms with van der Waals surface area (Å²) in [6.07, 6.45) is 2.52. The third kappa shape index (κ3) is 2.55. The van der Waals surface area contributed by atoms with Crippen LogP contribution in [0.3, 0.4) is 0 Å². The molecule has 0 aliphatic heterocycles. The van der Waals surface area contributed by atoms with E-state index in [0.29, 0.717) is 18.8 Å². The fourth-order valence-electron chi connectivity index (χ4n) is 2.56. The molecule has 3 nitrogen and oxygen atoms in total. The average Bonchev–Trinajstić information content (AvgIpc) is 2.80. The highest BCUT2D eigenvalue weighted by Gasteiger charge is 2.23. The van der Waals surface area contributed by atoms with E-state index in [9.17, 15) is 9.90 Å². The van der Waals surface area contributed by atoms with Gasteiger partial charge in [0, 0.05) is 17.6 Å². The smallest absolute Gasteiger partial charge is 0.189 e. The predicted molar refractivity (Wildman–Crippen MR) is 81.7 cm³/mol. The molecule has 0 atom stereocenters. The molecule has 0 unspecified atom stereocenters. The number of benzene rings is 2. The molecule has 2 aromatic carbocycles. The molecule has 3 heteroatoms. The van der Waals surface area contributed by atoms with Crippen LogP contribution in [0.2, 0.25) is 0 Å². The number of phenolic OH excluding ortho intramolecular Hbond substituents is 1. The summed E-state index contributed by atoms with van der Waals surface area (Å²) >= 11 is 0. The van der Waals surface area contributed by atoms with Crippen LogP contribution < -0.4 is 4.74 Å². The molecule has 0 radical (unpaired) electrons. The molecule has 1 N–H and O–H groups in total. The van der Waals surface area contributed by atoms with Crippen molar-refractivity contribution in [3.63, 3.8) is 0 Å². The van der Waals surface area contributed by atoms with Crippen molar-refractivity contribution in [3.8, 4) is 11.5 Å². The highest BCUT2D eigenvalue weighted by molar-refractivity contribution is 6.15. The number of hydrogen-bond donors (Lipinski definition) is 1. The molecule has 0 saturated carbocycles. The van der Waals surface area contributed by atoms with Gasteiger partial charge in [-0.3, -0.25) is 4.79 Å². The number of carbonyl (C=O) groups excluding carboxylic acids is 1. The number of aromatic hydroxyl groups is 1. The van der Waals surface area contributed by atoms with Gasteiger partial charge in [-0.1, -0.05) is 30.3 Å². The third-order valence-corrected chi connectivity index (χ3v) is 3.56. The van der Waals surface area contributed by atoms with E-state index >= 15 is 0 Å². The lowest BCUT2D eigenvalue weighted by Crippen LogP contribution is -1.95. The predicted octanol–water partition coefficient (Wildman–Crippen LogP) is 3.61. The minimum Gasteiger partial charge on any atom is -0.504 e. The minimum atomic E-state index is 0.0802. The molecule has 0 amide bonds. The molecule has 2 aromatic rings. The Kier molecular flexibility index (Phi) is 3.48. The van der Waals surface area contributed by atoms with Gasteiger partial charge in [0.05, 0.1) is 6.61 Å². The van der Waals surface area contributed by atoms with Gasteiger partial charge in [-0.15, -0.1) is 0 Å². The van der Waals surface area contributed by atoms with Crippen LogP contribution in [0.1, 0.15) is 28.4 Å². The SMILES string of the molecule is CCOc1cc(/C=C2/Cc3ccccc3C2=O)ccc1O. The van der Waals surface area contributed by atoms with Crippen molar-refractivity contribution in [1.82, 2.24) is 0 Å². The number of hydrogen-bond acceptors (Lipinski definition) is 3. The van der Waals surface area contributed by atoms with Crippen LogP contribution in [-0.4, -0.2) is 17.5 Å². The fourth-order valence-corrected chi connectivity index (χ4v) is 2.56. The van der Waals surface area contributed by atoms with Crippen molar-refractivity contribution in [3.05, 3.63) is 64.7 Å². The number of rotatable bonds is 3. The van der Waals surface area contributed by atoms with Gasteiger partial charge in [0.1, 0.15) is 0 Å². The van der Waals surface area contributed by atoms with Crippen LogP contribution in [0, 0.1) is 0 Å². The van der Waals surface area contributed by atoms with E-state index in [1.54, 1.807) is 18.2 Å². The highest BCUT2D eigenvalue weighted by Crippen LogP contribution is 2.31. The number of ketones is 1. The number of carbonyl (C=O) groups is 1. The van der Waals surface area contributed by atoms with Gasteiger partial charge in [-0.2, -0.15) is 0 Å². The summed E-state index contributed by atoms with van der Waals surface area (Å²) in [6.45, 7) is 2.35. The number of Topliss-reactive ketones (excluding diaryl/α,β-unsaturated/α-hetero) is 1. The third-order valence-electron chi connectivity index (χ3n) is 3.56. The summed E-state index contributed by atoms with van der Waals surface area (Å²) in [5.41, 5.74) is 3.47. The molecule has 0 heterocycles. The number of allylic oxidation sites excluding steroid dienone is 1. The summed E-state index contributed by atoms with van der Waals surface area (Å²) in [5.74, 6) is 0.631. The van der Waals surface area contributed by atoms with Gasteiger partial charge in [-0.05, 0) is 36.3 Å². The molecule has 3 rings (SSSR count). The molecule has 1 aliphatic carbocycles. The zero-order valence-corrected chi connectivity index (χ0v) is 11.8. The lowest BCUT2D eigenvalue weighted by Gasteiger charge is -2.06. The Morgan fingerprint density at radius 2 is 2.05 bits per heavy atom. The largest absolute Gasteiger partial charge is 0.504 e. The van der Waals surface area contributed by atoms with Gasteiger partial charge < -0.3 is 9.84 Å². The quantitative estimate of drug-likeness (QED) is 0.874. The van der Waals surface area contributed by atoms with Crippen LogP contribution in [0.5, 0.6) is 11.5 Å². The van der Waals surface area contributed by atoms with Gasteiger partial charge in [-0.25, -0.2) is 0 Å². The molecular formula is C18H16O3. The second kappa shape index (κ2) is 5.44. The zero-order chi connectivity index (χ0) is 14.8. The van der Waals surface area contributed by atoms with Gasteiger partial charge in [0.2, 0.25) is 0 Å². The maximum atomic E-state index is 12.3. The molecule has 0 spiro atoms. The first-order chi connectivity index (χ1) is 10.2. The first-order valence-electron chi connectivity index (χ1n) is 6.98. The molecular weight excluding hydrogens is 264 g/mol. The monoisotopic (exact) mass is 280 g/mol. The Labute approximate surface area is 123 Å². The Morgan fingerprint density at radius 1 is 1.24 bits per heavy atom. The Bertz CT molecular complexity index is 729. The van der Waals surface area contributed by atoms with E-state index < -0.39 is 0 Å². The van der Waals surface area contributed by atoms with E-state index in [1.807, 2.05) is 37.3 Å². The molecule has 0 saturated heterocycles. The van der Waals surface area contributed by atoms with Crippen molar-refractivity contribution in [1.29, 1.82) is 0 Å². The standard InChI is InChI=1S/C18H16O3/c1-2-21-17-10-12(7-8-16(17)19)9-14-11-13-5-3-4-6-15(13)18(14)20/h3-10,19H,2,11H2,1H3/b14-9-. The second-order valence-corrected chi connectivity index (χ2v) is 4.99. The van der Waals surface area contributed by atoms with Crippen LogP contribution in [0.15, 0.2) is 48.0 Å². The fraction of sp³-hybridized carbons (Fsp3) is 0.167. The normalized spacial score (nSPS) is 15.3. The van der Waals surface area contributed by atoms with Crippen LogP contribution in [-0.2, 0) is 6.42 Å². The molecule has 0 aromatic heterocycles. The minimum absolute atomic E-state index is 0.0802. The van der Waals surface area contributed by atoms with Gasteiger partial charge in [0.15, 0.2) is 17.3 Å². The Morgan fingerprint density at radius 3 is 2.81 bits per heavy atom. The lowest BCUT2D eigenvalue weighted by atomic mass is 10.1. The number of phenols is 1. The van der Waals surface area contributed by atoms with E-state index in [4.69, 9.17) is 4.74 Å². The average molecular weight is 280 g/mol. The van der Waals surface area contributed by atoms with Crippen molar-refractivity contribution >= 4 is 11.9 Å². The van der Waals surface area contributed by atoms with E-state index in [-0.39, 0.29) is 11.5 Å². The molecule has 1 aliphatic rings. The van der Waals surface area contributed by atoms with Gasteiger partial charge >= 0.3 is 0 Å². The van der Waals surface area contributed by atoms with Crippen molar-refractivity contribution in [2.75, 3.05) is 6.61 Å². The number of fused-ring (bicyclic) bond motifs is 1. The summed E-state index contributed by atoms with van der Waals surface area (Å²) in [6, 6.07) is 12.8. The molecule has 0 fully saturated rings. The van der Waals surface area contributed by atoms with E-state index in [2.05, 4.69) is 0 Å². The Balaban J connectivity index is 1.94. The second-order valence-electron chi connectivity index (χ2n) is 4.99. The lowest BCUT2D eigenvalue weighted by molar-refractivity contribution is 0.104. The van der Waals surface area contributed by atoms with Crippen LogP contribution in [0.4, 0.5) is 0 Å². The highest BCUT2D eigenvalue weighted by atomic mass is 16.5. The summed E-state index contributed by atoms with van der Waals surface area (Å²) in [7, 11) is 0. The summed E-state index contributed by atoms with van der Waals surface area (Å²) in [4.78, 5) is 12.3. The van der Waals surface area contributed by atoms with E-state index in [1.165, 1.54) is 0 Å². The summed E-state index contributed by atoms with van der Waals surface area (Å²) in [5, 5.41) is 9.71. The van der Waals surface area contributed by atoms with Crippen molar-refractivity contribution < 1.29 is 14.6 Å². The van der Waals surface area contributed by atoms with Gasteiger partial charge in [0.25, 0.3) is 0 Å². The molecule has 0 bridgehead atoms. The maximum absolute atomic E-state index is 12.3. The zero-order valence-electron chi connectivity index (χ0n) is 11.8. The Hall–Kier alpha value is -2.55. The van der Waals surface area contributed by atoms with E-state index in [0.717, 1.165) is 22.3 Å². The topological polar surface area (TPSA) is 46.5 Å². The van der Waals surface area contributed by atoms with Crippen molar-refractivity contribution in [2.45, 2.75) is 13.3 Å². The van der Waals surface area contributed by atoms with Crippen molar-refractivity contribution in [2.24, 2.45) is 0 Å².